The number of nitrogens with one attached hydrogen (secondary N) is 4. The van der Waals surface area contributed by atoms with Crippen molar-refractivity contribution in [3.8, 4) is 0 Å². The lowest BCUT2D eigenvalue weighted by atomic mass is 10.1. The molecule has 4 N–H and O–H groups in total. The number of benzene rings is 1. The van der Waals surface area contributed by atoms with Gasteiger partial charge in [-0.1, -0.05) is 0 Å². The Labute approximate surface area is 173 Å². The number of carbonyl (C=O) groups excluding carboxylic acids is 2. The molecule has 0 aliphatic heterocycles. The largest absolute Gasteiger partial charge is 0.444 e. The first-order valence-corrected chi connectivity index (χ1v) is 9.13. The van der Waals surface area contributed by atoms with Crippen LogP contribution in [-0.2, 0) is 9.53 Å². The molecule has 1 aromatic carbocycles. The van der Waals surface area contributed by atoms with Crippen molar-refractivity contribution in [3.63, 3.8) is 0 Å². The minimum Gasteiger partial charge on any atom is -0.444 e. The van der Waals surface area contributed by atoms with Gasteiger partial charge in [-0.05, 0) is 46.8 Å². The normalized spacial score (nSPS) is 12.2. The molecule has 30 heavy (non-hydrogen) atoms. The first-order valence-electron chi connectivity index (χ1n) is 9.13. The fourth-order valence-electron chi connectivity index (χ4n) is 2.13. The van der Waals surface area contributed by atoms with Crippen LogP contribution in [0.15, 0.2) is 17.1 Å². The van der Waals surface area contributed by atoms with E-state index in [9.17, 15) is 22.8 Å². The van der Waals surface area contributed by atoms with Gasteiger partial charge in [-0.2, -0.15) is 0 Å². The quantitative estimate of drug-likeness (QED) is 0.315. The first-order chi connectivity index (χ1) is 13.7. The summed E-state index contributed by atoms with van der Waals surface area (Å²) in [5.74, 6) is -4.97. The van der Waals surface area contributed by atoms with Crippen molar-refractivity contribution in [2.75, 3.05) is 25.5 Å². The molecule has 0 saturated heterocycles. The summed E-state index contributed by atoms with van der Waals surface area (Å²) in [5, 5.41) is 10.5. The Kier molecular flexibility index (Phi) is 8.49. The summed E-state index contributed by atoms with van der Waals surface area (Å²) < 4.78 is 45.0. The number of alkyl carbamates (subject to hydrolysis) is 1. The summed E-state index contributed by atoms with van der Waals surface area (Å²) in [6.07, 6.45) is -0.579. The van der Waals surface area contributed by atoms with Crippen molar-refractivity contribution in [3.05, 3.63) is 29.6 Å². The molecule has 0 unspecified atom stereocenters. The zero-order valence-corrected chi connectivity index (χ0v) is 17.9. The van der Waals surface area contributed by atoms with Crippen molar-refractivity contribution in [1.82, 2.24) is 16.0 Å². The van der Waals surface area contributed by atoms with Crippen molar-refractivity contribution < 1.29 is 27.5 Å². The Hall–Kier alpha value is -2.98. The molecule has 0 aromatic heterocycles. The van der Waals surface area contributed by atoms with Gasteiger partial charge < -0.3 is 26.0 Å². The van der Waals surface area contributed by atoms with E-state index in [1.807, 2.05) is 0 Å². The van der Waals surface area contributed by atoms with Crippen molar-refractivity contribution in [2.45, 2.75) is 45.8 Å². The molecular formula is C19H28F3N5O3. The molecule has 0 radical (unpaired) electrons. The summed E-state index contributed by atoms with van der Waals surface area (Å²) in [4.78, 5) is 27.8. The molecule has 1 aromatic rings. The monoisotopic (exact) mass is 431 g/mol. The molecule has 1 rings (SSSR count). The summed E-state index contributed by atoms with van der Waals surface area (Å²) >= 11 is 0. The van der Waals surface area contributed by atoms with E-state index in [1.165, 1.54) is 7.05 Å². The van der Waals surface area contributed by atoms with E-state index in [-0.39, 0.29) is 19.0 Å². The van der Waals surface area contributed by atoms with Crippen LogP contribution in [0.25, 0.3) is 0 Å². The minimum atomic E-state index is -1.67. The maximum Gasteiger partial charge on any atom is 0.408 e. The van der Waals surface area contributed by atoms with Crippen LogP contribution in [-0.4, -0.2) is 49.2 Å². The Morgan fingerprint density at radius 2 is 1.67 bits per heavy atom. The number of carbonyl (C=O) groups is 2. The predicted octanol–water partition coefficient (Wildman–Crippen LogP) is 2.51. The molecule has 168 valence electrons. The lowest BCUT2D eigenvalue weighted by Crippen LogP contribution is -2.54. The summed E-state index contributed by atoms with van der Waals surface area (Å²) in [5.41, 5.74) is -1.83. The lowest BCUT2D eigenvalue weighted by molar-refractivity contribution is -0.115. The molecule has 0 aliphatic carbocycles. The van der Waals surface area contributed by atoms with Gasteiger partial charge in [0.2, 0.25) is 5.91 Å². The molecule has 0 saturated carbocycles. The van der Waals surface area contributed by atoms with Gasteiger partial charge in [0.25, 0.3) is 0 Å². The van der Waals surface area contributed by atoms with E-state index in [4.69, 9.17) is 4.74 Å². The Morgan fingerprint density at radius 1 is 1.03 bits per heavy atom. The van der Waals surface area contributed by atoms with E-state index >= 15 is 0 Å². The van der Waals surface area contributed by atoms with Gasteiger partial charge in [0.05, 0.1) is 17.8 Å². The van der Waals surface area contributed by atoms with Crippen LogP contribution >= 0.6 is 0 Å². The molecule has 0 fully saturated rings. The van der Waals surface area contributed by atoms with E-state index in [2.05, 4.69) is 26.3 Å². The number of halogens is 3. The number of ether oxygens (including phenoxy) is 1. The molecule has 0 spiro atoms. The number of guanidine groups is 1. The zero-order valence-electron chi connectivity index (χ0n) is 17.9. The standard InChI is InChI=1S/C19H28F3N5O3/c1-18(2,3)30-17(29)27-19(4,5)10-25-16(23-6)24-9-13(28)26-12-8-7-11(20)14(21)15(12)22/h7-8H,9-10H2,1-6H3,(H,26,28)(H,27,29)(H2,23,24,25). The highest BCUT2D eigenvalue weighted by Crippen LogP contribution is 2.19. The lowest BCUT2D eigenvalue weighted by Gasteiger charge is -2.29. The van der Waals surface area contributed by atoms with Gasteiger partial charge in [0, 0.05) is 13.6 Å². The molecule has 2 amide bonds. The molecule has 0 atom stereocenters. The SMILES string of the molecule is CN=C(NCC(=O)Nc1ccc(F)c(F)c1F)NCC(C)(C)NC(=O)OC(C)(C)C. The maximum atomic E-state index is 13.6. The molecule has 11 heteroatoms. The van der Waals surface area contributed by atoms with E-state index in [0.717, 1.165) is 6.07 Å². The van der Waals surface area contributed by atoms with Crippen molar-refractivity contribution in [1.29, 1.82) is 0 Å². The second-order valence-corrected chi connectivity index (χ2v) is 8.06. The number of rotatable bonds is 6. The molecule has 0 aliphatic rings. The fraction of sp³-hybridized carbons (Fsp3) is 0.526. The third-order valence-corrected chi connectivity index (χ3v) is 3.49. The number of hydrogen-bond acceptors (Lipinski definition) is 4. The predicted molar refractivity (Wildman–Crippen MR) is 108 cm³/mol. The number of aliphatic imine (C=N–C) groups is 1. The second kappa shape index (κ2) is 10.2. The van der Waals surface area contributed by atoms with Crippen molar-refractivity contribution >= 4 is 23.6 Å². The topological polar surface area (TPSA) is 104 Å². The van der Waals surface area contributed by atoms with Crippen LogP contribution in [0.2, 0.25) is 0 Å². The highest BCUT2D eigenvalue weighted by atomic mass is 19.2. The zero-order chi connectivity index (χ0) is 23.1. The van der Waals surface area contributed by atoms with Gasteiger partial charge in [-0.3, -0.25) is 9.79 Å². The Balaban J connectivity index is 2.54. The highest BCUT2D eigenvalue weighted by Gasteiger charge is 2.25. The van der Waals surface area contributed by atoms with Crippen LogP contribution in [0, 0.1) is 17.5 Å². The second-order valence-electron chi connectivity index (χ2n) is 8.06. The molecule has 0 heterocycles. The number of nitrogens with zero attached hydrogens (tertiary/aromatic N) is 1. The van der Waals surface area contributed by atoms with Gasteiger partial charge in [-0.15, -0.1) is 0 Å². The fourth-order valence-corrected chi connectivity index (χ4v) is 2.13. The van der Waals surface area contributed by atoms with Gasteiger partial charge in [0.15, 0.2) is 23.4 Å². The minimum absolute atomic E-state index is 0.231. The van der Waals surface area contributed by atoms with Gasteiger partial charge in [-0.25, -0.2) is 18.0 Å². The van der Waals surface area contributed by atoms with Crippen LogP contribution in [0.5, 0.6) is 0 Å². The van der Waals surface area contributed by atoms with Crippen molar-refractivity contribution in [2.24, 2.45) is 4.99 Å². The van der Waals surface area contributed by atoms with Crippen LogP contribution in [0.1, 0.15) is 34.6 Å². The first kappa shape index (κ1) is 25.1. The number of anilines is 1. The van der Waals surface area contributed by atoms with E-state index in [1.54, 1.807) is 34.6 Å². The third kappa shape index (κ3) is 8.58. The Bertz CT molecular complexity index is 807. The summed E-state index contributed by atoms with van der Waals surface area (Å²) in [6, 6.07) is 1.63. The average Bonchev–Trinajstić information content (AvgIpc) is 2.60. The number of hydrogen-bond donors (Lipinski definition) is 4. The van der Waals surface area contributed by atoms with Gasteiger partial charge >= 0.3 is 6.09 Å². The van der Waals surface area contributed by atoms with Crippen LogP contribution < -0.4 is 21.3 Å². The number of amides is 2. The molecule has 0 bridgehead atoms. The smallest absolute Gasteiger partial charge is 0.408 e. The van der Waals surface area contributed by atoms with Crippen LogP contribution in [0.3, 0.4) is 0 Å². The molecular weight excluding hydrogens is 403 g/mol. The summed E-state index contributed by atoms with van der Waals surface area (Å²) in [6.45, 7) is 8.69. The van der Waals surface area contributed by atoms with E-state index < -0.39 is 46.3 Å². The maximum absolute atomic E-state index is 13.6. The Morgan fingerprint density at radius 3 is 2.23 bits per heavy atom. The summed E-state index contributed by atoms with van der Waals surface area (Å²) in [7, 11) is 1.47. The third-order valence-electron chi connectivity index (χ3n) is 3.49. The van der Waals surface area contributed by atoms with E-state index in [0.29, 0.717) is 6.07 Å². The average molecular weight is 431 g/mol. The highest BCUT2D eigenvalue weighted by molar-refractivity contribution is 5.95. The van der Waals surface area contributed by atoms with Crippen LogP contribution in [0.4, 0.5) is 23.7 Å². The molecule has 8 nitrogen and oxygen atoms in total. The van der Waals surface area contributed by atoms with Gasteiger partial charge in [0.1, 0.15) is 5.60 Å².